The standard InChI is InChI=1S/C19H24N2O2/c1-2-13-12-21-9-7-14(13)11-17(21)19-18(22,8-10-23-19)15-5-3-4-6-16(15)20-19/h2-6,13-14,17,20,22H,1,7-12H2/t13?,14?,17-,18+,19-/m0/s1. The molecule has 5 aliphatic rings. The van der Waals surface area contributed by atoms with E-state index in [-0.39, 0.29) is 6.04 Å². The van der Waals surface area contributed by atoms with Gasteiger partial charge >= 0.3 is 0 Å². The Labute approximate surface area is 137 Å². The number of hydrogen-bond acceptors (Lipinski definition) is 4. The van der Waals surface area contributed by atoms with Crippen molar-refractivity contribution in [2.75, 3.05) is 25.0 Å². The number of fused-ring (bicyclic) bond motifs is 7. The Hall–Kier alpha value is -1.36. The Morgan fingerprint density at radius 3 is 3.04 bits per heavy atom. The molecular formula is C19H24N2O2. The van der Waals surface area contributed by atoms with Gasteiger partial charge in [-0.2, -0.15) is 0 Å². The average Bonchev–Trinajstić information content (AvgIpc) is 3.05. The zero-order chi connectivity index (χ0) is 15.7. The maximum Gasteiger partial charge on any atom is 0.187 e. The van der Waals surface area contributed by atoms with Crippen LogP contribution in [0.4, 0.5) is 5.69 Å². The fourth-order valence-electron chi connectivity index (χ4n) is 5.51. The Morgan fingerprint density at radius 1 is 1.39 bits per heavy atom. The quantitative estimate of drug-likeness (QED) is 0.823. The molecule has 0 aliphatic carbocycles. The van der Waals surface area contributed by atoms with Crippen LogP contribution < -0.4 is 5.32 Å². The molecule has 4 heteroatoms. The summed E-state index contributed by atoms with van der Waals surface area (Å²) in [4.78, 5) is 2.52. The van der Waals surface area contributed by atoms with Crippen LogP contribution in [0.3, 0.4) is 0 Å². The largest absolute Gasteiger partial charge is 0.380 e. The van der Waals surface area contributed by atoms with Gasteiger partial charge in [-0.1, -0.05) is 24.3 Å². The van der Waals surface area contributed by atoms with Gasteiger partial charge in [0.15, 0.2) is 5.72 Å². The zero-order valence-corrected chi connectivity index (χ0v) is 13.4. The predicted octanol–water partition coefficient (Wildman–Crippen LogP) is 2.31. The summed E-state index contributed by atoms with van der Waals surface area (Å²) in [5.41, 5.74) is 0.412. The van der Waals surface area contributed by atoms with E-state index in [0.717, 1.165) is 30.8 Å². The molecule has 5 heterocycles. The molecular weight excluding hydrogens is 288 g/mol. The lowest BCUT2D eigenvalue weighted by Gasteiger charge is -2.55. The topological polar surface area (TPSA) is 44.7 Å². The summed E-state index contributed by atoms with van der Waals surface area (Å²) >= 11 is 0. The molecule has 0 saturated carbocycles. The molecule has 2 N–H and O–H groups in total. The summed E-state index contributed by atoms with van der Waals surface area (Å²) < 4.78 is 6.28. The van der Waals surface area contributed by atoms with Gasteiger partial charge in [0, 0.05) is 24.2 Å². The van der Waals surface area contributed by atoms with Crippen molar-refractivity contribution >= 4 is 5.69 Å². The highest BCUT2D eigenvalue weighted by Crippen LogP contribution is 2.57. The minimum Gasteiger partial charge on any atom is -0.380 e. The number of para-hydroxylation sites is 1. The number of piperidine rings is 3. The predicted molar refractivity (Wildman–Crippen MR) is 89.0 cm³/mol. The number of nitrogens with one attached hydrogen (secondary N) is 1. The van der Waals surface area contributed by atoms with Crippen molar-refractivity contribution in [3.63, 3.8) is 0 Å². The van der Waals surface area contributed by atoms with Gasteiger partial charge < -0.3 is 15.2 Å². The van der Waals surface area contributed by atoms with E-state index >= 15 is 0 Å². The average molecular weight is 312 g/mol. The molecule has 4 nitrogen and oxygen atoms in total. The highest BCUT2D eigenvalue weighted by atomic mass is 16.5. The van der Waals surface area contributed by atoms with Crippen molar-refractivity contribution in [2.24, 2.45) is 11.8 Å². The Kier molecular flexibility index (Phi) is 2.80. The molecule has 0 amide bonds. The maximum atomic E-state index is 11.6. The number of nitrogens with zero attached hydrogens (tertiary/aromatic N) is 1. The third kappa shape index (κ3) is 1.61. The van der Waals surface area contributed by atoms with Crippen LogP contribution >= 0.6 is 0 Å². The first-order valence-electron chi connectivity index (χ1n) is 8.78. The summed E-state index contributed by atoms with van der Waals surface area (Å²) in [6.45, 7) is 6.76. The SMILES string of the molecule is C=CC1CN2CCC1C[C@H]2[C@@]12Nc3ccccc3[C@]1(O)CCO2. The first-order valence-corrected chi connectivity index (χ1v) is 8.78. The van der Waals surface area contributed by atoms with Gasteiger partial charge in [-0.05, 0) is 37.3 Å². The monoisotopic (exact) mass is 312 g/mol. The van der Waals surface area contributed by atoms with Crippen LogP contribution in [0.5, 0.6) is 0 Å². The van der Waals surface area contributed by atoms with Crippen LogP contribution in [0.15, 0.2) is 36.9 Å². The molecule has 2 bridgehead atoms. The van der Waals surface area contributed by atoms with Crippen molar-refractivity contribution in [1.29, 1.82) is 0 Å². The molecule has 0 spiro atoms. The second kappa shape index (κ2) is 4.59. The molecule has 5 aliphatic heterocycles. The van der Waals surface area contributed by atoms with E-state index < -0.39 is 11.3 Å². The van der Waals surface area contributed by atoms with Crippen molar-refractivity contribution in [2.45, 2.75) is 36.6 Å². The summed E-state index contributed by atoms with van der Waals surface area (Å²) in [7, 11) is 0. The zero-order valence-electron chi connectivity index (χ0n) is 13.4. The maximum absolute atomic E-state index is 11.6. The molecule has 4 saturated heterocycles. The van der Waals surface area contributed by atoms with Gasteiger partial charge in [0.25, 0.3) is 0 Å². The van der Waals surface area contributed by atoms with Crippen LogP contribution in [0.2, 0.25) is 0 Å². The summed E-state index contributed by atoms with van der Waals surface area (Å²) in [5.74, 6) is 1.24. The minimum absolute atomic E-state index is 0.220. The van der Waals surface area contributed by atoms with Crippen LogP contribution in [-0.4, -0.2) is 41.5 Å². The summed E-state index contributed by atoms with van der Waals surface area (Å²) in [6, 6.07) is 8.35. The fraction of sp³-hybridized carbons (Fsp3) is 0.579. The van der Waals surface area contributed by atoms with Crippen molar-refractivity contribution in [3.8, 4) is 0 Å². The molecule has 3 unspecified atom stereocenters. The van der Waals surface area contributed by atoms with Gasteiger partial charge in [0.2, 0.25) is 0 Å². The van der Waals surface area contributed by atoms with Crippen LogP contribution in [0.25, 0.3) is 0 Å². The Bertz CT molecular complexity index is 663. The fourth-order valence-corrected chi connectivity index (χ4v) is 5.51. The lowest BCUT2D eigenvalue weighted by molar-refractivity contribution is -0.168. The van der Waals surface area contributed by atoms with Gasteiger partial charge in [-0.3, -0.25) is 4.90 Å². The Morgan fingerprint density at radius 2 is 2.26 bits per heavy atom. The van der Waals surface area contributed by atoms with Gasteiger partial charge in [0.05, 0.1) is 12.6 Å². The van der Waals surface area contributed by atoms with Gasteiger partial charge in [0.1, 0.15) is 5.60 Å². The lowest BCUT2D eigenvalue weighted by Crippen LogP contribution is -2.68. The van der Waals surface area contributed by atoms with E-state index in [4.69, 9.17) is 4.74 Å². The first-order chi connectivity index (χ1) is 11.2. The molecule has 122 valence electrons. The van der Waals surface area contributed by atoms with Crippen LogP contribution in [0, 0.1) is 11.8 Å². The number of benzene rings is 1. The third-order valence-electron chi connectivity index (χ3n) is 6.68. The molecule has 4 fully saturated rings. The normalized spacial score (nSPS) is 47.0. The van der Waals surface area contributed by atoms with Crippen molar-refractivity contribution in [1.82, 2.24) is 4.90 Å². The summed E-state index contributed by atoms with van der Waals surface area (Å²) in [6.07, 6.45) is 5.08. The Balaban J connectivity index is 1.57. The van der Waals surface area contributed by atoms with Crippen LogP contribution in [0.1, 0.15) is 24.8 Å². The summed E-state index contributed by atoms with van der Waals surface area (Å²) in [5, 5.41) is 15.2. The highest BCUT2D eigenvalue weighted by molar-refractivity contribution is 5.63. The van der Waals surface area contributed by atoms with Crippen molar-refractivity contribution in [3.05, 3.63) is 42.5 Å². The lowest BCUT2D eigenvalue weighted by atomic mass is 9.70. The number of anilines is 1. The van der Waals surface area contributed by atoms with Gasteiger partial charge in [-0.25, -0.2) is 0 Å². The van der Waals surface area contributed by atoms with E-state index in [2.05, 4.69) is 28.9 Å². The van der Waals surface area contributed by atoms with Gasteiger partial charge in [-0.15, -0.1) is 6.58 Å². The smallest absolute Gasteiger partial charge is 0.187 e. The van der Waals surface area contributed by atoms with Crippen molar-refractivity contribution < 1.29 is 9.84 Å². The van der Waals surface area contributed by atoms with Crippen LogP contribution in [-0.2, 0) is 10.3 Å². The first kappa shape index (κ1) is 14.0. The number of aliphatic hydroxyl groups is 1. The number of ether oxygens (including phenoxy) is 1. The molecule has 23 heavy (non-hydrogen) atoms. The van der Waals surface area contributed by atoms with E-state index in [1.54, 1.807) is 0 Å². The molecule has 1 aromatic rings. The molecule has 0 radical (unpaired) electrons. The second-order valence-electron chi connectivity index (χ2n) is 7.56. The van der Waals surface area contributed by atoms with E-state index in [9.17, 15) is 5.11 Å². The van der Waals surface area contributed by atoms with E-state index in [1.165, 1.54) is 6.42 Å². The second-order valence-corrected chi connectivity index (χ2v) is 7.56. The molecule has 6 atom stereocenters. The number of rotatable bonds is 2. The third-order valence-corrected chi connectivity index (χ3v) is 6.68. The highest BCUT2D eigenvalue weighted by Gasteiger charge is 2.67. The minimum atomic E-state index is -0.921. The molecule has 6 rings (SSSR count). The van der Waals surface area contributed by atoms with E-state index in [1.807, 2.05) is 18.2 Å². The molecule has 1 aromatic carbocycles. The number of hydrogen-bond donors (Lipinski definition) is 2. The van der Waals surface area contributed by atoms with E-state index in [0.29, 0.717) is 24.9 Å². The molecule has 0 aromatic heterocycles.